The van der Waals surface area contributed by atoms with Crippen molar-refractivity contribution in [2.75, 3.05) is 5.32 Å². The van der Waals surface area contributed by atoms with Crippen molar-refractivity contribution in [2.45, 2.75) is 6.18 Å². The molecule has 1 aromatic heterocycles. The third-order valence-corrected chi connectivity index (χ3v) is 2.42. The van der Waals surface area contributed by atoms with Crippen molar-refractivity contribution in [3.05, 3.63) is 48.3 Å². The highest BCUT2D eigenvalue weighted by Crippen LogP contribution is 2.33. The molecule has 0 aliphatic heterocycles. The number of nitrogens with zero attached hydrogens (tertiary/aromatic N) is 1. The minimum atomic E-state index is -4.44. The van der Waals surface area contributed by atoms with E-state index in [1.165, 1.54) is 6.07 Å². The van der Waals surface area contributed by atoms with E-state index in [2.05, 4.69) is 5.32 Å². The Bertz CT molecular complexity index is 547. The summed E-state index contributed by atoms with van der Waals surface area (Å²) < 4.78 is 39.3. The summed E-state index contributed by atoms with van der Waals surface area (Å²) >= 11 is 0. The van der Waals surface area contributed by atoms with E-state index in [1.807, 2.05) is 0 Å². The molecular formula is C12H9F3N2O. The van der Waals surface area contributed by atoms with E-state index in [0.29, 0.717) is 12.1 Å². The lowest BCUT2D eigenvalue weighted by Crippen LogP contribution is -2.08. The second-order valence-corrected chi connectivity index (χ2v) is 3.58. The second kappa shape index (κ2) is 4.56. The third kappa shape index (κ3) is 2.37. The molecule has 18 heavy (non-hydrogen) atoms. The Morgan fingerprint density at radius 2 is 1.83 bits per heavy atom. The summed E-state index contributed by atoms with van der Waals surface area (Å²) in [4.78, 5) is 10.5. The van der Waals surface area contributed by atoms with Gasteiger partial charge in [0.15, 0.2) is 0 Å². The molecule has 0 saturated heterocycles. The number of nitrogens with one attached hydrogen (secondary N) is 1. The van der Waals surface area contributed by atoms with Crippen LogP contribution in [0.15, 0.2) is 42.7 Å². The molecule has 1 aromatic carbocycles. The summed E-state index contributed by atoms with van der Waals surface area (Å²) in [6, 6.07) is 6.68. The normalized spacial score (nSPS) is 11.3. The van der Waals surface area contributed by atoms with E-state index in [0.717, 1.165) is 12.1 Å². The van der Waals surface area contributed by atoms with Gasteiger partial charge >= 0.3 is 6.18 Å². The van der Waals surface area contributed by atoms with E-state index >= 15 is 0 Å². The molecule has 0 aliphatic rings. The van der Waals surface area contributed by atoms with Gasteiger partial charge in [-0.15, -0.1) is 0 Å². The summed E-state index contributed by atoms with van der Waals surface area (Å²) in [6.45, 7) is 0. The minimum Gasteiger partial charge on any atom is -0.327 e. The number of aromatic nitrogens is 1. The molecule has 0 radical (unpaired) electrons. The van der Waals surface area contributed by atoms with Crippen LogP contribution in [0.4, 0.5) is 18.9 Å². The fourth-order valence-electron chi connectivity index (χ4n) is 1.61. The zero-order valence-corrected chi connectivity index (χ0v) is 9.11. The number of carbonyl (C=O) groups is 1. The van der Waals surface area contributed by atoms with Gasteiger partial charge in [0.25, 0.3) is 0 Å². The number of alkyl halides is 3. The SMILES string of the molecule is O=CNc1cc(C(F)(F)F)ccc1-n1cccc1. The summed E-state index contributed by atoms with van der Waals surface area (Å²) in [5.74, 6) is 0. The van der Waals surface area contributed by atoms with Gasteiger partial charge in [0, 0.05) is 12.4 Å². The average Bonchev–Trinajstić information content (AvgIpc) is 2.81. The van der Waals surface area contributed by atoms with Gasteiger partial charge in [0.2, 0.25) is 6.41 Å². The van der Waals surface area contributed by atoms with Crippen LogP contribution in [0, 0.1) is 0 Å². The van der Waals surface area contributed by atoms with Gasteiger partial charge in [0.05, 0.1) is 16.9 Å². The Labute approximate surface area is 101 Å². The molecule has 0 aliphatic carbocycles. The number of anilines is 1. The molecule has 0 bridgehead atoms. The van der Waals surface area contributed by atoms with Crippen molar-refractivity contribution in [1.82, 2.24) is 4.57 Å². The predicted molar refractivity (Wildman–Crippen MR) is 60.5 cm³/mol. The van der Waals surface area contributed by atoms with Gasteiger partial charge < -0.3 is 9.88 Å². The van der Waals surface area contributed by atoms with Crippen LogP contribution in [0.5, 0.6) is 0 Å². The molecule has 1 N–H and O–H groups in total. The van der Waals surface area contributed by atoms with Crippen LogP contribution < -0.4 is 5.32 Å². The van der Waals surface area contributed by atoms with E-state index in [9.17, 15) is 18.0 Å². The van der Waals surface area contributed by atoms with Gasteiger partial charge in [-0.2, -0.15) is 13.2 Å². The van der Waals surface area contributed by atoms with Gasteiger partial charge in [-0.3, -0.25) is 4.79 Å². The largest absolute Gasteiger partial charge is 0.416 e. The average molecular weight is 254 g/mol. The lowest BCUT2D eigenvalue weighted by atomic mass is 10.1. The minimum absolute atomic E-state index is 0.107. The van der Waals surface area contributed by atoms with Crippen molar-refractivity contribution in [3.8, 4) is 5.69 Å². The number of carbonyl (C=O) groups excluding carboxylic acids is 1. The third-order valence-electron chi connectivity index (χ3n) is 2.42. The van der Waals surface area contributed by atoms with E-state index in [-0.39, 0.29) is 5.69 Å². The summed E-state index contributed by atoms with van der Waals surface area (Å²) in [5, 5.41) is 2.28. The second-order valence-electron chi connectivity index (χ2n) is 3.58. The standard InChI is InChI=1S/C12H9F3N2O/c13-12(14,15)9-3-4-11(10(7-9)16-8-18)17-5-1-2-6-17/h1-8H,(H,16,18). The number of rotatable bonds is 3. The number of hydrogen-bond acceptors (Lipinski definition) is 1. The molecule has 0 unspecified atom stereocenters. The zero-order chi connectivity index (χ0) is 13.2. The molecule has 1 heterocycles. The molecule has 2 aromatic rings. The molecule has 3 nitrogen and oxygen atoms in total. The van der Waals surface area contributed by atoms with Crippen LogP contribution in [0.25, 0.3) is 5.69 Å². The first kappa shape index (κ1) is 12.2. The lowest BCUT2D eigenvalue weighted by Gasteiger charge is -2.13. The molecule has 0 saturated carbocycles. The molecule has 0 atom stereocenters. The summed E-state index contributed by atoms with van der Waals surface area (Å²) in [7, 11) is 0. The quantitative estimate of drug-likeness (QED) is 0.839. The van der Waals surface area contributed by atoms with Crippen LogP contribution in [0.2, 0.25) is 0 Å². The van der Waals surface area contributed by atoms with Crippen LogP contribution in [0.3, 0.4) is 0 Å². The van der Waals surface area contributed by atoms with Crippen LogP contribution >= 0.6 is 0 Å². The van der Waals surface area contributed by atoms with Crippen molar-refractivity contribution >= 4 is 12.1 Å². The first-order valence-corrected chi connectivity index (χ1v) is 5.07. The monoisotopic (exact) mass is 254 g/mol. The molecule has 0 spiro atoms. The molecule has 2 rings (SSSR count). The van der Waals surface area contributed by atoms with Crippen LogP contribution in [-0.4, -0.2) is 11.0 Å². The maximum atomic E-state index is 12.6. The van der Waals surface area contributed by atoms with E-state index in [4.69, 9.17) is 0 Å². The topological polar surface area (TPSA) is 34.0 Å². The van der Waals surface area contributed by atoms with Gasteiger partial charge in [-0.05, 0) is 30.3 Å². The van der Waals surface area contributed by atoms with Gasteiger partial charge in [-0.1, -0.05) is 0 Å². The number of benzene rings is 1. The highest BCUT2D eigenvalue weighted by molar-refractivity contribution is 5.77. The van der Waals surface area contributed by atoms with Crippen molar-refractivity contribution in [2.24, 2.45) is 0 Å². The van der Waals surface area contributed by atoms with E-state index in [1.54, 1.807) is 29.1 Å². The van der Waals surface area contributed by atoms with Gasteiger partial charge in [-0.25, -0.2) is 0 Å². The maximum absolute atomic E-state index is 12.6. The molecular weight excluding hydrogens is 245 g/mol. The van der Waals surface area contributed by atoms with Crippen LogP contribution in [-0.2, 0) is 11.0 Å². The highest BCUT2D eigenvalue weighted by atomic mass is 19.4. The Kier molecular flexibility index (Phi) is 3.10. The van der Waals surface area contributed by atoms with Crippen LogP contribution in [0.1, 0.15) is 5.56 Å². The lowest BCUT2D eigenvalue weighted by molar-refractivity contribution is -0.137. The number of halogens is 3. The number of amides is 1. The van der Waals surface area contributed by atoms with Crippen molar-refractivity contribution < 1.29 is 18.0 Å². The Morgan fingerprint density at radius 3 is 2.39 bits per heavy atom. The Hall–Kier alpha value is -2.24. The fourth-order valence-corrected chi connectivity index (χ4v) is 1.61. The zero-order valence-electron chi connectivity index (χ0n) is 9.11. The summed E-state index contributed by atoms with van der Waals surface area (Å²) in [6.07, 6.45) is -0.728. The van der Waals surface area contributed by atoms with Gasteiger partial charge in [0.1, 0.15) is 0 Å². The Balaban J connectivity index is 2.51. The molecule has 1 amide bonds. The first-order valence-electron chi connectivity index (χ1n) is 5.07. The fraction of sp³-hybridized carbons (Fsp3) is 0.0833. The number of hydrogen-bond donors (Lipinski definition) is 1. The first-order chi connectivity index (χ1) is 8.52. The molecule has 0 fully saturated rings. The summed E-state index contributed by atoms with van der Waals surface area (Å²) in [5.41, 5.74) is -0.223. The van der Waals surface area contributed by atoms with Crippen molar-refractivity contribution in [1.29, 1.82) is 0 Å². The Morgan fingerprint density at radius 1 is 1.17 bits per heavy atom. The van der Waals surface area contributed by atoms with E-state index < -0.39 is 11.7 Å². The highest BCUT2D eigenvalue weighted by Gasteiger charge is 2.31. The molecule has 6 heteroatoms. The smallest absolute Gasteiger partial charge is 0.327 e. The van der Waals surface area contributed by atoms with Crippen molar-refractivity contribution in [3.63, 3.8) is 0 Å². The maximum Gasteiger partial charge on any atom is 0.416 e. The predicted octanol–water partition coefficient (Wildman–Crippen LogP) is 3.06. The molecule has 94 valence electrons.